The lowest BCUT2D eigenvalue weighted by Crippen LogP contribution is -2.42. The molecule has 0 aromatic carbocycles. The summed E-state index contributed by atoms with van der Waals surface area (Å²) >= 11 is 0. The van der Waals surface area contributed by atoms with E-state index in [-0.39, 0.29) is 12.0 Å². The number of aromatic nitrogens is 5. The molecule has 0 N–H and O–H groups in total. The van der Waals surface area contributed by atoms with Gasteiger partial charge >= 0.3 is 0 Å². The summed E-state index contributed by atoms with van der Waals surface area (Å²) in [7, 11) is 0. The Bertz CT molecular complexity index is 940. The average molecular weight is 354 g/mol. The van der Waals surface area contributed by atoms with Crippen LogP contribution < -0.4 is 9.64 Å². The average Bonchev–Trinajstić information content (AvgIpc) is 3.42. The molecule has 0 bridgehead atoms. The molecule has 26 heavy (non-hydrogen) atoms. The van der Waals surface area contributed by atoms with Gasteiger partial charge in [-0.25, -0.2) is 24.3 Å². The van der Waals surface area contributed by atoms with Crippen molar-refractivity contribution in [1.29, 1.82) is 0 Å². The van der Waals surface area contributed by atoms with Gasteiger partial charge in [0.1, 0.15) is 12.4 Å². The quantitative estimate of drug-likeness (QED) is 0.718. The van der Waals surface area contributed by atoms with Gasteiger partial charge in [0, 0.05) is 18.8 Å². The third kappa shape index (κ3) is 2.75. The van der Waals surface area contributed by atoms with E-state index in [4.69, 9.17) is 4.74 Å². The van der Waals surface area contributed by atoms with E-state index >= 15 is 0 Å². The first kappa shape index (κ1) is 15.5. The third-order valence-corrected chi connectivity index (χ3v) is 4.96. The van der Waals surface area contributed by atoms with E-state index in [9.17, 15) is 4.39 Å². The monoisotopic (exact) mass is 354 g/mol. The molecule has 4 heterocycles. The molecule has 1 aliphatic carbocycles. The standard InChI is InChI=1S/C18H19FN6O/c19-14-4-1-7-20-18(14)26-13-3-2-8-24(9-13)16-15-17(22-10-21-16)25(11-23-15)12-5-6-12/h1,4,7,10-13H,2-3,5-6,8-9H2. The van der Waals surface area contributed by atoms with E-state index in [0.717, 1.165) is 36.4 Å². The number of pyridine rings is 1. The summed E-state index contributed by atoms with van der Waals surface area (Å²) in [6.07, 6.45) is 9.02. The van der Waals surface area contributed by atoms with Crippen molar-refractivity contribution in [3.63, 3.8) is 0 Å². The summed E-state index contributed by atoms with van der Waals surface area (Å²) < 4.78 is 21.8. The molecule has 0 spiro atoms. The van der Waals surface area contributed by atoms with Crippen molar-refractivity contribution < 1.29 is 9.13 Å². The highest BCUT2D eigenvalue weighted by Crippen LogP contribution is 2.37. The van der Waals surface area contributed by atoms with Gasteiger partial charge in [0.25, 0.3) is 5.88 Å². The lowest BCUT2D eigenvalue weighted by Gasteiger charge is -2.33. The van der Waals surface area contributed by atoms with Crippen LogP contribution in [0.2, 0.25) is 0 Å². The maximum Gasteiger partial charge on any atom is 0.250 e. The maximum absolute atomic E-state index is 13.8. The Morgan fingerprint density at radius 2 is 2.04 bits per heavy atom. The molecule has 1 atom stereocenters. The van der Waals surface area contributed by atoms with E-state index in [1.807, 2.05) is 6.33 Å². The van der Waals surface area contributed by atoms with Crippen LogP contribution in [0.1, 0.15) is 31.7 Å². The molecule has 1 saturated heterocycles. The first-order valence-electron chi connectivity index (χ1n) is 8.99. The molecule has 3 aromatic heterocycles. The number of rotatable bonds is 4. The predicted molar refractivity (Wildman–Crippen MR) is 93.7 cm³/mol. The van der Waals surface area contributed by atoms with Gasteiger partial charge in [-0.05, 0) is 37.8 Å². The number of imidazole rings is 1. The lowest BCUT2D eigenvalue weighted by atomic mass is 10.1. The molecule has 2 fully saturated rings. The fourth-order valence-electron chi connectivity index (χ4n) is 3.53. The van der Waals surface area contributed by atoms with Crippen LogP contribution in [0.25, 0.3) is 11.2 Å². The highest BCUT2D eigenvalue weighted by atomic mass is 19.1. The molecule has 0 radical (unpaired) electrons. The highest BCUT2D eigenvalue weighted by Gasteiger charge is 2.29. The first-order valence-corrected chi connectivity index (χ1v) is 8.99. The van der Waals surface area contributed by atoms with Crippen molar-refractivity contribution in [1.82, 2.24) is 24.5 Å². The second-order valence-electron chi connectivity index (χ2n) is 6.87. The van der Waals surface area contributed by atoms with Gasteiger partial charge in [0.15, 0.2) is 22.8 Å². The number of ether oxygens (including phenoxy) is 1. The molecule has 1 unspecified atom stereocenters. The largest absolute Gasteiger partial charge is 0.470 e. The van der Waals surface area contributed by atoms with Gasteiger partial charge in [0.2, 0.25) is 0 Å². The van der Waals surface area contributed by atoms with Crippen molar-refractivity contribution >= 4 is 17.0 Å². The summed E-state index contributed by atoms with van der Waals surface area (Å²) in [4.78, 5) is 19.6. The zero-order chi connectivity index (χ0) is 17.5. The fourth-order valence-corrected chi connectivity index (χ4v) is 3.53. The maximum atomic E-state index is 13.8. The van der Waals surface area contributed by atoms with Crippen LogP contribution in [-0.2, 0) is 0 Å². The van der Waals surface area contributed by atoms with Gasteiger partial charge < -0.3 is 14.2 Å². The molecule has 7 nitrogen and oxygen atoms in total. The number of fused-ring (bicyclic) bond motifs is 1. The molecule has 8 heteroatoms. The highest BCUT2D eigenvalue weighted by molar-refractivity contribution is 5.83. The second kappa shape index (κ2) is 6.19. The SMILES string of the molecule is Fc1cccnc1OC1CCCN(c2ncnc3c2ncn3C2CC2)C1. The van der Waals surface area contributed by atoms with Crippen molar-refractivity contribution in [2.45, 2.75) is 37.8 Å². The lowest BCUT2D eigenvalue weighted by molar-refractivity contribution is 0.164. The fraction of sp³-hybridized carbons (Fsp3) is 0.444. The summed E-state index contributed by atoms with van der Waals surface area (Å²) in [6, 6.07) is 3.44. The number of nitrogens with zero attached hydrogens (tertiary/aromatic N) is 6. The second-order valence-corrected chi connectivity index (χ2v) is 6.87. The molecule has 0 amide bonds. The molecule has 3 aromatic rings. The zero-order valence-corrected chi connectivity index (χ0v) is 14.3. The van der Waals surface area contributed by atoms with Gasteiger partial charge in [-0.3, -0.25) is 0 Å². The van der Waals surface area contributed by atoms with E-state index in [0.29, 0.717) is 12.6 Å². The summed E-state index contributed by atoms with van der Waals surface area (Å²) in [5, 5.41) is 0. The van der Waals surface area contributed by atoms with Crippen molar-refractivity contribution in [3.8, 4) is 5.88 Å². The number of hydrogen-bond acceptors (Lipinski definition) is 6. The topological polar surface area (TPSA) is 69.0 Å². The Morgan fingerprint density at radius 3 is 2.88 bits per heavy atom. The van der Waals surface area contributed by atoms with Gasteiger partial charge in [-0.15, -0.1) is 0 Å². The van der Waals surface area contributed by atoms with Gasteiger partial charge in [-0.1, -0.05) is 0 Å². The van der Waals surface area contributed by atoms with E-state index < -0.39 is 5.82 Å². The minimum Gasteiger partial charge on any atom is -0.470 e. The Balaban J connectivity index is 1.40. The molecule has 2 aliphatic rings. The molecule has 5 rings (SSSR count). The normalized spacial score (nSPS) is 20.5. The van der Waals surface area contributed by atoms with Crippen molar-refractivity contribution in [3.05, 3.63) is 36.8 Å². The first-order chi connectivity index (χ1) is 12.8. The van der Waals surface area contributed by atoms with Crippen LogP contribution in [0.4, 0.5) is 10.2 Å². The molecule has 1 saturated carbocycles. The molecule has 134 valence electrons. The van der Waals surface area contributed by atoms with Crippen molar-refractivity contribution in [2.24, 2.45) is 0 Å². The van der Waals surface area contributed by atoms with Crippen LogP contribution in [0.15, 0.2) is 31.0 Å². The minimum atomic E-state index is -0.433. The molecular weight excluding hydrogens is 335 g/mol. The van der Waals surface area contributed by atoms with E-state index in [2.05, 4.69) is 29.4 Å². The Labute approximate surface area is 149 Å². The van der Waals surface area contributed by atoms with E-state index in [1.165, 1.54) is 25.1 Å². The Kier molecular flexibility index (Phi) is 3.69. The smallest absolute Gasteiger partial charge is 0.250 e. The van der Waals surface area contributed by atoms with Crippen LogP contribution in [0.3, 0.4) is 0 Å². The summed E-state index contributed by atoms with van der Waals surface area (Å²) in [5.74, 6) is 0.451. The molecular formula is C18H19FN6O. The van der Waals surface area contributed by atoms with Crippen LogP contribution in [-0.4, -0.2) is 43.7 Å². The Morgan fingerprint density at radius 1 is 1.12 bits per heavy atom. The van der Waals surface area contributed by atoms with Gasteiger partial charge in [-0.2, -0.15) is 0 Å². The predicted octanol–water partition coefficient (Wildman–Crippen LogP) is 2.74. The summed E-state index contributed by atoms with van der Waals surface area (Å²) in [5.41, 5.74) is 1.71. The Hall–Kier alpha value is -2.77. The summed E-state index contributed by atoms with van der Waals surface area (Å²) in [6.45, 7) is 1.49. The van der Waals surface area contributed by atoms with Crippen LogP contribution >= 0.6 is 0 Å². The third-order valence-electron chi connectivity index (χ3n) is 4.96. The van der Waals surface area contributed by atoms with E-state index in [1.54, 1.807) is 12.4 Å². The zero-order valence-electron chi connectivity index (χ0n) is 14.3. The number of anilines is 1. The minimum absolute atomic E-state index is 0.0604. The molecule has 1 aliphatic heterocycles. The van der Waals surface area contributed by atoms with Crippen LogP contribution in [0.5, 0.6) is 5.88 Å². The number of hydrogen-bond donors (Lipinski definition) is 0. The number of halogens is 1. The number of piperidine rings is 1. The van der Waals surface area contributed by atoms with Crippen LogP contribution in [0, 0.1) is 5.82 Å². The van der Waals surface area contributed by atoms with Gasteiger partial charge in [0.05, 0.1) is 12.9 Å². The van der Waals surface area contributed by atoms with Crippen molar-refractivity contribution in [2.75, 3.05) is 18.0 Å².